The van der Waals surface area contributed by atoms with Gasteiger partial charge in [0.1, 0.15) is 0 Å². The van der Waals surface area contributed by atoms with Crippen LogP contribution in [0.15, 0.2) is 47.9 Å². The number of imidazole rings is 1. The van der Waals surface area contributed by atoms with Gasteiger partial charge in [0.15, 0.2) is 0 Å². The van der Waals surface area contributed by atoms with Crippen molar-refractivity contribution in [2.75, 3.05) is 0 Å². The van der Waals surface area contributed by atoms with Crippen molar-refractivity contribution in [2.24, 2.45) is 0 Å². The molecular formula is C15H16N4O. The predicted molar refractivity (Wildman–Crippen MR) is 77.6 cm³/mol. The summed E-state index contributed by atoms with van der Waals surface area (Å²) in [5, 5.41) is 0.675. The normalized spacial score (nSPS) is 11.1. The van der Waals surface area contributed by atoms with Crippen molar-refractivity contribution >= 4 is 10.9 Å². The smallest absolute Gasteiger partial charge is 0.261 e. The molecule has 3 rings (SSSR count). The summed E-state index contributed by atoms with van der Waals surface area (Å²) < 4.78 is 3.71. The van der Waals surface area contributed by atoms with E-state index in [9.17, 15) is 4.79 Å². The van der Waals surface area contributed by atoms with Gasteiger partial charge in [0, 0.05) is 19.3 Å². The Morgan fingerprint density at radius 1 is 1.10 bits per heavy atom. The number of nitrogens with zero attached hydrogens (tertiary/aromatic N) is 4. The molecular weight excluding hydrogens is 252 g/mol. The van der Waals surface area contributed by atoms with Crippen LogP contribution in [0.25, 0.3) is 10.9 Å². The van der Waals surface area contributed by atoms with Crippen LogP contribution in [0.4, 0.5) is 0 Å². The van der Waals surface area contributed by atoms with Gasteiger partial charge in [-0.3, -0.25) is 9.36 Å². The van der Waals surface area contributed by atoms with Gasteiger partial charge in [-0.05, 0) is 25.5 Å². The molecule has 0 radical (unpaired) electrons. The minimum Gasteiger partial charge on any atom is -0.337 e. The number of para-hydroxylation sites is 1. The van der Waals surface area contributed by atoms with E-state index in [0.717, 1.165) is 24.2 Å². The van der Waals surface area contributed by atoms with Crippen molar-refractivity contribution in [1.29, 1.82) is 0 Å². The first-order chi connectivity index (χ1) is 9.74. The third-order valence-corrected chi connectivity index (χ3v) is 3.31. The maximum absolute atomic E-state index is 12.3. The first-order valence-corrected chi connectivity index (χ1v) is 6.66. The average molecular weight is 268 g/mol. The molecule has 102 valence electrons. The average Bonchev–Trinajstić information content (AvgIpc) is 2.87. The van der Waals surface area contributed by atoms with Crippen molar-refractivity contribution in [3.63, 3.8) is 0 Å². The summed E-state index contributed by atoms with van der Waals surface area (Å²) in [4.78, 5) is 20.8. The Hall–Kier alpha value is -2.43. The van der Waals surface area contributed by atoms with Gasteiger partial charge in [0.2, 0.25) is 0 Å². The van der Waals surface area contributed by atoms with E-state index in [1.165, 1.54) is 0 Å². The molecule has 0 bridgehead atoms. The Bertz CT molecular complexity index is 788. The molecule has 0 atom stereocenters. The second kappa shape index (κ2) is 5.28. The van der Waals surface area contributed by atoms with Crippen LogP contribution in [0.1, 0.15) is 12.1 Å². The quantitative estimate of drug-likeness (QED) is 0.727. The summed E-state index contributed by atoms with van der Waals surface area (Å²) in [6.45, 7) is 3.47. The number of aryl methyl sites for hydroxylation is 3. The molecule has 0 unspecified atom stereocenters. The number of hydrogen-bond donors (Lipinski definition) is 0. The van der Waals surface area contributed by atoms with E-state index in [1.807, 2.05) is 48.3 Å². The molecule has 5 heteroatoms. The van der Waals surface area contributed by atoms with E-state index < -0.39 is 0 Å². The fraction of sp³-hybridized carbons (Fsp3) is 0.267. The highest BCUT2D eigenvalue weighted by atomic mass is 16.1. The number of rotatable bonds is 4. The van der Waals surface area contributed by atoms with E-state index in [0.29, 0.717) is 11.9 Å². The third-order valence-electron chi connectivity index (χ3n) is 3.31. The van der Waals surface area contributed by atoms with Gasteiger partial charge in [-0.1, -0.05) is 12.1 Å². The Morgan fingerprint density at radius 2 is 1.95 bits per heavy atom. The van der Waals surface area contributed by atoms with Gasteiger partial charge in [0.05, 0.1) is 29.3 Å². The second-order valence-corrected chi connectivity index (χ2v) is 4.87. The van der Waals surface area contributed by atoms with E-state index in [2.05, 4.69) is 9.97 Å². The number of aromatic nitrogens is 4. The molecule has 0 aliphatic rings. The predicted octanol–water partition coefficient (Wildman–Crippen LogP) is 1.99. The van der Waals surface area contributed by atoms with Crippen LogP contribution in [0.5, 0.6) is 0 Å². The van der Waals surface area contributed by atoms with Crippen molar-refractivity contribution < 1.29 is 0 Å². The fourth-order valence-corrected chi connectivity index (χ4v) is 2.28. The SMILES string of the molecule is Cc1cn(CCCn2cnc3ccccc3c2=O)cn1. The second-order valence-electron chi connectivity index (χ2n) is 4.87. The zero-order valence-electron chi connectivity index (χ0n) is 11.4. The van der Waals surface area contributed by atoms with Crippen LogP contribution >= 0.6 is 0 Å². The van der Waals surface area contributed by atoms with Crippen molar-refractivity contribution in [3.05, 3.63) is 59.2 Å². The maximum atomic E-state index is 12.3. The lowest BCUT2D eigenvalue weighted by molar-refractivity contribution is 0.550. The highest BCUT2D eigenvalue weighted by Gasteiger charge is 2.03. The summed E-state index contributed by atoms with van der Waals surface area (Å²) in [6.07, 6.45) is 6.32. The molecule has 0 aliphatic heterocycles. The highest BCUT2D eigenvalue weighted by molar-refractivity contribution is 5.76. The van der Waals surface area contributed by atoms with E-state index in [1.54, 1.807) is 10.9 Å². The first kappa shape index (κ1) is 12.6. The van der Waals surface area contributed by atoms with Crippen LogP contribution in [-0.2, 0) is 13.1 Å². The molecule has 20 heavy (non-hydrogen) atoms. The van der Waals surface area contributed by atoms with Crippen LogP contribution < -0.4 is 5.56 Å². The zero-order chi connectivity index (χ0) is 13.9. The Labute approximate surface area is 116 Å². The Morgan fingerprint density at radius 3 is 2.75 bits per heavy atom. The van der Waals surface area contributed by atoms with Crippen molar-refractivity contribution in [3.8, 4) is 0 Å². The van der Waals surface area contributed by atoms with E-state index in [-0.39, 0.29) is 5.56 Å². The maximum Gasteiger partial charge on any atom is 0.261 e. The van der Waals surface area contributed by atoms with Gasteiger partial charge < -0.3 is 4.57 Å². The Kier molecular flexibility index (Phi) is 3.33. The van der Waals surface area contributed by atoms with Crippen LogP contribution in [0.2, 0.25) is 0 Å². The lowest BCUT2D eigenvalue weighted by Gasteiger charge is -2.06. The molecule has 0 saturated heterocycles. The van der Waals surface area contributed by atoms with Gasteiger partial charge in [-0.15, -0.1) is 0 Å². The molecule has 0 saturated carbocycles. The third kappa shape index (κ3) is 2.47. The monoisotopic (exact) mass is 268 g/mol. The molecule has 0 aliphatic carbocycles. The molecule has 3 aromatic rings. The van der Waals surface area contributed by atoms with Crippen molar-refractivity contribution in [1.82, 2.24) is 19.1 Å². The zero-order valence-corrected chi connectivity index (χ0v) is 11.4. The minimum absolute atomic E-state index is 0.0254. The molecule has 2 aromatic heterocycles. The summed E-state index contributed by atoms with van der Waals surface area (Å²) in [6, 6.07) is 7.43. The molecule has 1 aromatic carbocycles. The Balaban J connectivity index is 1.74. The molecule has 0 fully saturated rings. The van der Waals surface area contributed by atoms with E-state index in [4.69, 9.17) is 0 Å². The standard InChI is InChI=1S/C15H16N4O/c1-12-9-18(10-16-12)7-4-8-19-11-17-14-6-3-2-5-13(14)15(19)20/h2-3,5-6,9-11H,4,7-8H2,1H3. The molecule has 2 heterocycles. The summed E-state index contributed by atoms with van der Waals surface area (Å²) in [5.41, 5.74) is 1.78. The largest absolute Gasteiger partial charge is 0.337 e. The van der Waals surface area contributed by atoms with Gasteiger partial charge in [0.25, 0.3) is 5.56 Å². The number of hydrogen-bond acceptors (Lipinski definition) is 3. The lowest BCUT2D eigenvalue weighted by atomic mass is 10.2. The topological polar surface area (TPSA) is 52.7 Å². The van der Waals surface area contributed by atoms with Gasteiger partial charge in [-0.25, -0.2) is 9.97 Å². The lowest BCUT2D eigenvalue weighted by Crippen LogP contribution is -2.21. The molecule has 0 N–H and O–H groups in total. The van der Waals surface area contributed by atoms with Crippen LogP contribution in [-0.4, -0.2) is 19.1 Å². The first-order valence-electron chi connectivity index (χ1n) is 6.66. The van der Waals surface area contributed by atoms with Crippen LogP contribution in [0, 0.1) is 6.92 Å². The number of benzene rings is 1. The van der Waals surface area contributed by atoms with Gasteiger partial charge >= 0.3 is 0 Å². The highest BCUT2D eigenvalue weighted by Crippen LogP contribution is 2.05. The number of fused-ring (bicyclic) bond motifs is 1. The summed E-state index contributed by atoms with van der Waals surface area (Å²) in [7, 11) is 0. The van der Waals surface area contributed by atoms with Crippen molar-refractivity contribution in [2.45, 2.75) is 26.4 Å². The molecule has 5 nitrogen and oxygen atoms in total. The summed E-state index contributed by atoms with van der Waals surface area (Å²) >= 11 is 0. The van der Waals surface area contributed by atoms with Gasteiger partial charge in [-0.2, -0.15) is 0 Å². The molecule has 0 spiro atoms. The van der Waals surface area contributed by atoms with Crippen LogP contribution in [0.3, 0.4) is 0 Å². The molecule has 0 amide bonds. The summed E-state index contributed by atoms with van der Waals surface area (Å²) in [5.74, 6) is 0. The fourth-order valence-electron chi connectivity index (χ4n) is 2.28. The van der Waals surface area contributed by atoms with E-state index >= 15 is 0 Å². The minimum atomic E-state index is 0.0254.